The predicted molar refractivity (Wildman–Crippen MR) is 116 cm³/mol. The van der Waals surface area contributed by atoms with Crippen LogP contribution in [0.3, 0.4) is 0 Å². The summed E-state index contributed by atoms with van der Waals surface area (Å²) in [7, 11) is 0. The molecule has 0 aliphatic carbocycles. The summed E-state index contributed by atoms with van der Waals surface area (Å²) in [5, 5.41) is 29.6. The molecule has 0 saturated heterocycles. The maximum atomic E-state index is 11.1. The van der Waals surface area contributed by atoms with Gasteiger partial charge in [0.2, 0.25) is 10.6 Å². The third-order valence-electron chi connectivity index (χ3n) is 4.22. The lowest BCUT2D eigenvalue weighted by atomic mass is 10.1. The first kappa shape index (κ1) is 19.2. The van der Waals surface area contributed by atoms with Crippen LogP contribution in [-0.4, -0.2) is 36.2 Å². The first-order valence-electron chi connectivity index (χ1n) is 8.86. The van der Waals surface area contributed by atoms with Gasteiger partial charge < -0.3 is 0 Å². The second kappa shape index (κ2) is 8.45. The molecular formula is C20H15N7O2S. The largest absolute Gasteiger partial charge is 0.276 e. The molecule has 0 saturated carbocycles. The van der Waals surface area contributed by atoms with E-state index in [2.05, 4.69) is 25.5 Å². The summed E-state index contributed by atoms with van der Waals surface area (Å²) < 4.78 is 1.75. The Hall–Kier alpha value is -4.18. The van der Waals surface area contributed by atoms with Crippen molar-refractivity contribution < 1.29 is 4.92 Å². The zero-order chi connectivity index (χ0) is 20.9. The first-order valence-corrected chi connectivity index (χ1v) is 9.27. The molecule has 2 aromatic carbocycles. The first-order chi connectivity index (χ1) is 14.6. The Kier molecular flexibility index (Phi) is 5.39. The van der Waals surface area contributed by atoms with Gasteiger partial charge in [-0.2, -0.15) is 20.0 Å². The van der Waals surface area contributed by atoms with E-state index in [-0.39, 0.29) is 5.69 Å². The summed E-state index contributed by atoms with van der Waals surface area (Å²) in [4.78, 5) is 10.7. The van der Waals surface area contributed by atoms with Crippen LogP contribution in [0.5, 0.6) is 0 Å². The third-order valence-corrected chi connectivity index (χ3v) is 4.48. The van der Waals surface area contributed by atoms with Gasteiger partial charge in [0.15, 0.2) is 0 Å². The molecule has 4 aromatic rings. The van der Waals surface area contributed by atoms with E-state index in [0.717, 1.165) is 11.3 Å². The molecule has 0 fully saturated rings. The molecule has 4 rings (SSSR count). The van der Waals surface area contributed by atoms with Crippen molar-refractivity contribution in [2.75, 3.05) is 0 Å². The van der Waals surface area contributed by atoms with Gasteiger partial charge in [-0.15, -0.1) is 0 Å². The van der Waals surface area contributed by atoms with E-state index in [1.54, 1.807) is 30.4 Å². The molecule has 0 amide bonds. The van der Waals surface area contributed by atoms with Crippen molar-refractivity contribution in [1.82, 2.24) is 25.1 Å². The van der Waals surface area contributed by atoms with Crippen molar-refractivity contribution in [3.05, 3.63) is 87.2 Å². The maximum absolute atomic E-state index is 11.1. The molecule has 0 spiro atoms. The Morgan fingerprint density at radius 2 is 1.83 bits per heavy atom. The number of hydrogen-bond donors (Lipinski definition) is 2. The summed E-state index contributed by atoms with van der Waals surface area (Å²) in [5.74, 6) is 0.463. The third kappa shape index (κ3) is 3.98. The number of nitrogens with one attached hydrogen (secondary N) is 2. The summed E-state index contributed by atoms with van der Waals surface area (Å²) >= 11 is 5.25. The van der Waals surface area contributed by atoms with Crippen LogP contribution in [0, 0.1) is 14.9 Å². The SMILES string of the molecule is O=[N+]([O-])c1ccccc1/C=C/C=Nn1c(-c2cc(-c3ccccc3)n[nH]2)n[nH]c1=S. The van der Waals surface area contributed by atoms with Crippen LogP contribution in [0.1, 0.15) is 5.56 Å². The Morgan fingerprint density at radius 1 is 1.07 bits per heavy atom. The number of aromatic nitrogens is 5. The number of nitro groups is 1. The van der Waals surface area contributed by atoms with Crippen molar-refractivity contribution in [3.63, 3.8) is 0 Å². The molecule has 0 atom stereocenters. The highest BCUT2D eigenvalue weighted by Gasteiger charge is 2.12. The number of H-pyrrole nitrogens is 2. The van der Waals surface area contributed by atoms with Crippen molar-refractivity contribution in [1.29, 1.82) is 0 Å². The van der Waals surface area contributed by atoms with E-state index >= 15 is 0 Å². The average molecular weight is 417 g/mol. The summed E-state index contributed by atoms with van der Waals surface area (Å²) in [6, 6.07) is 18.1. The van der Waals surface area contributed by atoms with Crippen LogP contribution in [0.2, 0.25) is 0 Å². The van der Waals surface area contributed by atoms with Crippen LogP contribution >= 0.6 is 12.2 Å². The lowest BCUT2D eigenvalue weighted by Crippen LogP contribution is -1.94. The number of allylic oxidation sites excluding steroid dienone is 1. The molecule has 0 radical (unpaired) electrons. The lowest BCUT2D eigenvalue weighted by molar-refractivity contribution is -0.385. The van der Waals surface area contributed by atoms with Gasteiger partial charge in [-0.1, -0.05) is 42.5 Å². The van der Waals surface area contributed by atoms with E-state index in [0.29, 0.717) is 21.9 Å². The number of benzene rings is 2. The number of nitro benzene ring substituents is 1. The van der Waals surface area contributed by atoms with Crippen molar-refractivity contribution in [3.8, 4) is 22.8 Å². The minimum Gasteiger partial charge on any atom is -0.274 e. The molecule has 2 aromatic heterocycles. The lowest BCUT2D eigenvalue weighted by Gasteiger charge is -1.97. The molecule has 0 unspecified atom stereocenters. The highest BCUT2D eigenvalue weighted by atomic mass is 32.1. The van der Waals surface area contributed by atoms with E-state index in [1.165, 1.54) is 17.0 Å². The second-order valence-corrected chi connectivity index (χ2v) is 6.52. The summed E-state index contributed by atoms with van der Waals surface area (Å²) in [6.07, 6.45) is 4.69. The molecule has 148 valence electrons. The molecule has 9 nitrogen and oxygen atoms in total. The number of rotatable bonds is 6. The Bertz CT molecular complexity index is 1300. The van der Waals surface area contributed by atoms with Gasteiger partial charge in [-0.25, -0.2) is 5.10 Å². The number of nitrogens with zero attached hydrogens (tertiary/aromatic N) is 5. The molecular weight excluding hydrogens is 402 g/mol. The quantitative estimate of drug-likeness (QED) is 0.208. The van der Waals surface area contributed by atoms with E-state index in [1.807, 2.05) is 36.4 Å². The summed E-state index contributed by atoms with van der Waals surface area (Å²) in [5.41, 5.74) is 2.88. The van der Waals surface area contributed by atoms with Gasteiger partial charge in [0.05, 0.1) is 16.2 Å². The molecule has 10 heteroatoms. The minimum absolute atomic E-state index is 0.0219. The molecule has 30 heavy (non-hydrogen) atoms. The van der Waals surface area contributed by atoms with Crippen LogP contribution in [0.25, 0.3) is 28.9 Å². The second-order valence-electron chi connectivity index (χ2n) is 6.14. The van der Waals surface area contributed by atoms with E-state index < -0.39 is 4.92 Å². The van der Waals surface area contributed by atoms with Crippen molar-refractivity contribution in [2.45, 2.75) is 0 Å². The van der Waals surface area contributed by atoms with Crippen LogP contribution < -0.4 is 0 Å². The molecule has 0 bridgehead atoms. The van der Waals surface area contributed by atoms with Crippen LogP contribution in [-0.2, 0) is 0 Å². The van der Waals surface area contributed by atoms with Crippen molar-refractivity contribution in [2.24, 2.45) is 5.10 Å². The Morgan fingerprint density at radius 3 is 2.63 bits per heavy atom. The zero-order valence-corrected chi connectivity index (χ0v) is 16.3. The summed E-state index contributed by atoms with van der Waals surface area (Å²) in [6.45, 7) is 0. The maximum Gasteiger partial charge on any atom is 0.276 e. The number of para-hydroxylation sites is 1. The zero-order valence-electron chi connectivity index (χ0n) is 15.5. The highest BCUT2D eigenvalue weighted by Crippen LogP contribution is 2.22. The predicted octanol–water partition coefficient (Wildman–Crippen LogP) is 4.45. The van der Waals surface area contributed by atoms with E-state index in [4.69, 9.17) is 12.2 Å². The average Bonchev–Trinajstić information content (AvgIpc) is 3.39. The van der Waals surface area contributed by atoms with Gasteiger partial charge in [0.25, 0.3) is 5.69 Å². The van der Waals surface area contributed by atoms with Gasteiger partial charge in [0, 0.05) is 17.8 Å². The highest BCUT2D eigenvalue weighted by molar-refractivity contribution is 7.71. The number of hydrogen-bond acceptors (Lipinski definition) is 6. The fraction of sp³-hybridized carbons (Fsp3) is 0. The van der Waals surface area contributed by atoms with E-state index in [9.17, 15) is 10.1 Å². The van der Waals surface area contributed by atoms with Gasteiger partial charge in [-0.05, 0) is 36.5 Å². The monoisotopic (exact) mass is 417 g/mol. The topological polar surface area (TPSA) is 118 Å². The number of aromatic amines is 2. The Balaban J connectivity index is 1.59. The van der Waals surface area contributed by atoms with Crippen molar-refractivity contribution >= 4 is 30.2 Å². The fourth-order valence-electron chi connectivity index (χ4n) is 2.81. The van der Waals surface area contributed by atoms with Crippen LogP contribution in [0.15, 0.2) is 71.8 Å². The van der Waals surface area contributed by atoms with Gasteiger partial charge in [-0.3, -0.25) is 15.2 Å². The normalized spacial score (nSPS) is 11.5. The standard InChI is InChI=1S/C20H15N7O2S/c28-27(29)18-11-5-4-9-15(18)10-6-12-21-26-19(24-25-20(26)30)17-13-16(22-23-17)14-7-2-1-3-8-14/h1-13H,(H,22,23)(H,25,30)/b10-6+,21-12?. The minimum atomic E-state index is -0.427. The van der Waals surface area contributed by atoms with Gasteiger partial charge in [0.1, 0.15) is 5.69 Å². The smallest absolute Gasteiger partial charge is 0.274 e. The fourth-order valence-corrected chi connectivity index (χ4v) is 2.99. The molecule has 0 aliphatic rings. The molecule has 2 heterocycles. The molecule has 0 aliphatic heterocycles. The van der Waals surface area contributed by atoms with Crippen LogP contribution in [0.4, 0.5) is 5.69 Å². The van der Waals surface area contributed by atoms with Gasteiger partial charge >= 0.3 is 0 Å². The molecule has 2 N–H and O–H groups in total. The Labute approximate surface area is 175 Å².